The first kappa shape index (κ1) is 101. The van der Waals surface area contributed by atoms with Crippen LogP contribution in [0.5, 0.6) is 23.5 Å². The highest BCUT2D eigenvalue weighted by atomic mass is 19.4. The number of nitrogen functional groups attached to an aromatic ring is 3. The number of hydrogen-bond donors (Lipinski definition) is 6. The first-order valence-electron chi connectivity index (χ1n) is 42.8. The van der Waals surface area contributed by atoms with Gasteiger partial charge in [-0.2, -0.15) is 105 Å². The van der Waals surface area contributed by atoms with Gasteiger partial charge in [-0.15, -0.1) is 40.8 Å². The summed E-state index contributed by atoms with van der Waals surface area (Å²) < 4.78 is 380. The van der Waals surface area contributed by atoms with Crippen molar-refractivity contribution in [1.29, 1.82) is 0 Å². The number of aromatic nitrogens is 12. The number of fused-ring (bicyclic) bond motifs is 20. The second-order valence-electron chi connectivity index (χ2n) is 34.1. The third kappa shape index (κ3) is 22.7. The maximum absolute atomic E-state index is 14.8. The zero-order valence-electron chi connectivity index (χ0n) is 71.0. The third-order valence-electron chi connectivity index (χ3n) is 24.0. The zero-order chi connectivity index (χ0) is 99.3. The van der Waals surface area contributed by atoms with Gasteiger partial charge < -0.3 is 73.9 Å². The molecule has 8 aliphatic rings. The van der Waals surface area contributed by atoms with Gasteiger partial charge in [-0.25, -0.2) is 19.9 Å². The minimum Gasteiger partial charge on any atom is -0.474 e. The number of halogens is 24. The van der Waals surface area contributed by atoms with Crippen molar-refractivity contribution < 1.29 is 167 Å². The molecule has 4 aliphatic heterocycles. The summed E-state index contributed by atoms with van der Waals surface area (Å²) in [5.74, 6) is -10.5. The zero-order valence-corrected chi connectivity index (χ0v) is 71.0. The highest BCUT2D eigenvalue weighted by molar-refractivity contribution is 5.71. The average Bonchev–Trinajstić information content (AvgIpc) is 1.66. The molecule has 4 saturated carbocycles. The van der Waals surface area contributed by atoms with E-state index in [0.29, 0.717) is 94.4 Å². The summed E-state index contributed by atoms with van der Waals surface area (Å²) in [7, 11) is 0. The van der Waals surface area contributed by atoms with Crippen LogP contribution < -0.4 is 36.1 Å². The van der Waals surface area contributed by atoms with Crippen LogP contribution in [0.2, 0.25) is 0 Å². The number of alkyl halides is 24. The normalized spacial score (nSPS) is 24.1. The van der Waals surface area contributed by atoms with E-state index in [0.717, 1.165) is 38.5 Å². The fourth-order valence-corrected chi connectivity index (χ4v) is 15.7. The molecule has 4 fully saturated rings. The molecule has 9 aromatic rings. The molecule has 12 heterocycles. The topological polar surface area (TPSA) is 435 Å². The number of ether oxygens (including phenoxy) is 5. The fraction of sp³-hybridized carbons (Fsp3) is 0.566. The van der Waals surface area contributed by atoms with Gasteiger partial charge in [0.2, 0.25) is 51.6 Å². The molecule has 8 aromatic heterocycles. The Morgan fingerprint density at radius 2 is 0.679 bits per heavy atom. The predicted molar refractivity (Wildman–Crippen MR) is 420 cm³/mol. The van der Waals surface area contributed by atoms with E-state index in [1.807, 2.05) is 0 Å². The summed E-state index contributed by atoms with van der Waals surface area (Å²) in [6, 6.07) is 9.96. The molecule has 0 spiro atoms. The van der Waals surface area contributed by atoms with Crippen molar-refractivity contribution in [2.24, 2.45) is 23.7 Å². The lowest BCUT2D eigenvalue weighted by Gasteiger charge is -2.32. The molecular formula is C83H82F24N16O14. The maximum atomic E-state index is 14.8. The summed E-state index contributed by atoms with van der Waals surface area (Å²) in [5.41, 5.74) is -6.01. The Hall–Kier alpha value is -11.7. The van der Waals surface area contributed by atoms with E-state index in [1.165, 1.54) is 12.2 Å². The Kier molecular flexibility index (Phi) is 28.5. The molecule has 0 amide bonds. The van der Waals surface area contributed by atoms with Crippen LogP contribution in [0.4, 0.5) is 128 Å². The minimum atomic E-state index is -5.11. The highest BCUT2D eigenvalue weighted by Gasteiger charge is 2.64. The Bertz CT molecular complexity index is 5400. The van der Waals surface area contributed by atoms with Crippen LogP contribution in [0.15, 0.2) is 84.4 Å². The molecule has 17 rings (SSSR count). The number of anilines is 3. The molecule has 54 heteroatoms. The van der Waals surface area contributed by atoms with E-state index in [2.05, 4.69) is 60.7 Å². The number of nitrogens with two attached hydrogens (primary N) is 3. The minimum absolute atomic E-state index is 0.0232. The number of nitrogens with zero attached hydrogens (tertiary/aromatic N) is 13. The van der Waals surface area contributed by atoms with Crippen LogP contribution in [0, 0.1) is 33.8 Å². The predicted octanol–water partition coefficient (Wildman–Crippen LogP) is 20.7. The van der Waals surface area contributed by atoms with E-state index < -0.39 is 272 Å². The molecule has 137 heavy (non-hydrogen) atoms. The van der Waals surface area contributed by atoms with Crippen LogP contribution in [0.3, 0.4) is 0 Å². The van der Waals surface area contributed by atoms with Crippen molar-refractivity contribution in [2.75, 3.05) is 17.2 Å². The smallest absolute Gasteiger partial charge is 0.426 e. The van der Waals surface area contributed by atoms with Crippen LogP contribution >= 0.6 is 0 Å². The van der Waals surface area contributed by atoms with Gasteiger partial charge in [-0.3, -0.25) is 10.1 Å². The highest BCUT2D eigenvalue weighted by Crippen LogP contribution is 2.55. The molecule has 1 aromatic carbocycles. The molecular weight excluding hydrogens is 1900 g/mol. The third-order valence-corrected chi connectivity index (χ3v) is 24.0. The lowest BCUT2D eigenvalue weighted by atomic mass is 9.94. The molecule has 746 valence electrons. The van der Waals surface area contributed by atoms with E-state index in [-0.39, 0.29) is 61.8 Å². The van der Waals surface area contributed by atoms with Gasteiger partial charge in [0.05, 0.1) is 28.6 Å². The van der Waals surface area contributed by atoms with Gasteiger partial charge in [0.1, 0.15) is 46.7 Å². The molecule has 8 atom stereocenters. The Morgan fingerprint density at radius 3 is 1.00 bits per heavy atom. The molecule has 16 bridgehead atoms. The largest absolute Gasteiger partial charge is 0.474 e. The molecule has 4 aliphatic carbocycles. The van der Waals surface area contributed by atoms with Crippen molar-refractivity contribution in [2.45, 2.75) is 270 Å². The molecule has 0 saturated heterocycles. The Balaban J connectivity index is 0.000000147. The quantitative estimate of drug-likeness (QED) is 0.0356. The molecule has 9 N–H and O–H groups in total. The number of allylic oxidation sites excluding steroid dienone is 1. The van der Waals surface area contributed by atoms with E-state index in [1.54, 1.807) is 30.3 Å². The number of aliphatic hydroxyl groups is 3. The number of nitro groups is 1. The van der Waals surface area contributed by atoms with Gasteiger partial charge in [0, 0.05) is 12.5 Å². The number of pyridine rings is 4. The van der Waals surface area contributed by atoms with Crippen LogP contribution in [0.25, 0.3) is 46.3 Å². The number of rotatable bonds is 8. The first-order valence-corrected chi connectivity index (χ1v) is 42.8. The second kappa shape index (κ2) is 38.6. The van der Waals surface area contributed by atoms with Crippen molar-refractivity contribution in [3.8, 4) is 69.9 Å². The van der Waals surface area contributed by atoms with Gasteiger partial charge in [0.15, 0.2) is 17.1 Å². The van der Waals surface area contributed by atoms with E-state index in [9.17, 15) is 131 Å². The van der Waals surface area contributed by atoms with Crippen LogP contribution in [0.1, 0.15) is 218 Å². The van der Waals surface area contributed by atoms with Crippen molar-refractivity contribution in [3.05, 3.63) is 128 Å². The van der Waals surface area contributed by atoms with Gasteiger partial charge in [-0.1, -0.05) is 61.7 Å². The first-order chi connectivity index (χ1) is 64.1. The average molecular weight is 1980 g/mol. The number of hydrogen-bond acceptors (Lipinski definition) is 29. The van der Waals surface area contributed by atoms with Crippen molar-refractivity contribution in [3.63, 3.8) is 0 Å². The monoisotopic (exact) mass is 1980 g/mol. The summed E-state index contributed by atoms with van der Waals surface area (Å²) in [6.07, 6.45) is -33.5. The Morgan fingerprint density at radius 1 is 0.372 bits per heavy atom. The van der Waals surface area contributed by atoms with Crippen LogP contribution in [-0.2, 0) is 58.5 Å². The standard InChI is InChI=1S/C26H22F6N4O5.3C19H20F6N4O3/c27-25(28,29)17-13-18(36(37)38)20-22-34-35-23(41-22)24(26(30,31)32,39-14-15-7-3-1-4-8-15)12-6-2-5-9-19(16-10-11-16)40-21(17)33-20;3*20-18(21,22)10-8-11(26)13-15-28-29-16(32-15)17(30,19(23,24)25)7-3-1-2-4-12(9-5-6-9)31-14(10)27-13/h1-5,7-8,13,16,19H,6,9-12,14H2;3*8-9,12,30H,1-7,26H2/t19?,24-;3*12?,17-/m1111/s1. The Labute approximate surface area is 756 Å². The SMILES string of the molecule is Nc1cc(C(F)(F)F)c2nc1-c1nnc(o1)[C@@](O)(C(F)(F)F)CCCCCC(C1CC1)O2.Nc1cc(C(F)(F)F)c2nc1-c1nnc(o1)[C@@](O)(C(F)(F)F)CCCCCC(C1CC1)O2.Nc1cc(C(F)(F)F)c2nc1-c1nnc(o1)[C@@](O)(C(F)(F)F)CCCCCC(C1CC1)O2.O=[N+]([O-])c1cc(C(F)(F)F)c2nc1-c1nnc(o1)[C@@](OCc1ccccc1)(C(F)(F)F)CCC=CCC(C1CC1)O2. The number of benzene rings is 1. The second-order valence-corrected chi connectivity index (χ2v) is 34.1. The fourth-order valence-electron chi connectivity index (χ4n) is 15.7. The van der Waals surface area contributed by atoms with E-state index >= 15 is 0 Å². The summed E-state index contributed by atoms with van der Waals surface area (Å²) in [4.78, 5) is 25.8. The van der Waals surface area contributed by atoms with Gasteiger partial charge in [0.25, 0.3) is 47.1 Å². The summed E-state index contributed by atoms with van der Waals surface area (Å²) in [5, 5.41) is 70.2. The molecule has 4 unspecified atom stereocenters. The maximum Gasteiger partial charge on any atom is 0.426 e. The molecule has 30 nitrogen and oxygen atoms in total. The van der Waals surface area contributed by atoms with Crippen molar-refractivity contribution >= 4 is 22.7 Å². The lowest BCUT2D eigenvalue weighted by molar-refractivity contribution is -0.384. The van der Waals surface area contributed by atoms with Crippen LogP contribution in [-0.4, -0.2) is 130 Å². The summed E-state index contributed by atoms with van der Waals surface area (Å²) in [6.45, 7) is -0.498. The van der Waals surface area contributed by atoms with E-state index in [4.69, 9.17) is 58.6 Å². The van der Waals surface area contributed by atoms with Crippen molar-refractivity contribution in [1.82, 2.24) is 60.7 Å². The summed E-state index contributed by atoms with van der Waals surface area (Å²) >= 11 is 0. The molecule has 0 radical (unpaired) electrons. The van der Waals surface area contributed by atoms with Gasteiger partial charge in [-0.05, 0) is 189 Å². The van der Waals surface area contributed by atoms with Gasteiger partial charge >= 0.3 is 55.1 Å². The lowest BCUT2D eigenvalue weighted by Crippen LogP contribution is -2.45.